The van der Waals surface area contributed by atoms with E-state index < -0.39 is 4.92 Å². The van der Waals surface area contributed by atoms with E-state index in [1.807, 2.05) is 11.8 Å². The van der Waals surface area contributed by atoms with Gasteiger partial charge in [-0.1, -0.05) is 0 Å². The lowest BCUT2D eigenvalue weighted by Gasteiger charge is -2.24. The standard InChI is InChI=1S/C12H16N2O3S/c15-9-10-8-11(14(16)17)2-3-12(10)13-4-1-6-18-7-5-13/h2-3,8,15H,1,4-7,9H2. The van der Waals surface area contributed by atoms with Crippen LogP contribution in [-0.4, -0.2) is 34.6 Å². The summed E-state index contributed by atoms with van der Waals surface area (Å²) in [6.45, 7) is 1.70. The smallest absolute Gasteiger partial charge is 0.269 e. The van der Waals surface area contributed by atoms with E-state index in [1.54, 1.807) is 6.07 Å². The maximum atomic E-state index is 10.7. The molecule has 0 spiro atoms. The fraction of sp³-hybridized carbons (Fsp3) is 0.500. The van der Waals surface area contributed by atoms with E-state index in [1.165, 1.54) is 12.1 Å². The van der Waals surface area contributed by atoms with Gasteiger partial charge in [-0.2, -0.15) is 11.8 Å². The molecular weight excluding hydrogens is 252 g/mol. The Hall–Kier alpha value is -1.27. The van der Waals surface area contributed by atoms with Gasteiger partial charge in [0.15, 0.2) is 0 Å². The monoisotopic (exact) mass is 268 g/mol. The summed E-state index contributed by atoms with van der Waals surface area (Å²) in [5, 5.41) is 20.1. The molecule has 0 radical (unpaired) electrons. The molecule has 0 atom stereocenters. The first-order valence-electron chi connectivity index (χ1n) is 5.93. The number of hydrogen-bond donors (Lipinski definition) is 1. The minimum atomic E-state index is -0.429. The fourth-order valence-electron chi connectivity index (χ4n) is 2.11. The summed E-state index contributed by atoms with van der Waals surface area (Å²) in [6.07, 6.45) is 1.10. The second-order valence-corrected chi connectivity index (χ2v) is 5.41. The fourth-order valence-corrected chi connectivity index (χ4v) is 2.99. The molecule has 1 fully saturated rings. The normalized spacial score (nSPS) is 16.4. The van der Waals surface area contributed by atoms with Gasteiger partial charge in [0.25, 0.3) is 5.69 Å². The summed E-state index contributed by atoms with van der Waals surface area (Å²) in [5.41, 5.74) is 1.59. The molecule has 0 amide bonds. The van der Waals surface area contributed by atoms with E-state index in [9.17, 15) is 15.2 Å². The van der Waals surface area contributed by atoms with E-state index in [0.29, 0.717) is 5.56 Å². The molecular formula is C12H16N2O3S. The molecule has 0 aromatic heterocycles. The molecule has 1 aliphatic heterocycles. The zero-order valence-electron chi connectivity index (χ0n) is 10.0. The SMILES string of the molecule is O=[N+]([O-])c1ccc(N2CCCSCC2)c(CO)c1. The topological polar surface area (TPSA) is 66.6 Å². The van der Waals surface area contributed by atoms with Gasteiger partial charge in [0.05, 0.1) is 11.5 Å². The van der Waals surface area contributed by atoms with Crippen LogP contribution in [0.1, 0.15) is 12.0 Å². The minimum Gasteiger partial charge on any atom is -0.392 e. The lowest BCUT2D eigenvalue weighted by molar-refractivity contribution is -0.384. The van der Waals surface area contributed by atoms with Crippen molar-refractivity contribution in [2.45, 2.75) is 13.0 Å². The number of anilines is 1. The highest BCUT2D eigenvalue weighted by Crippen LogP contribution is 2.27. The summed E-state index contributed by atoms with van der Waals surface area (Å²) in [6, 6.07) is 4.72. The lowest BCUT2D eigenvalue weighted by Crippen LogP contribution is -2.26. The third-order valence-corrected chi connectivity index (χ3v) is 4.06. The molecule has 98 valence electrons. The lowest BCUT2D eigenvalue weighted by atomic mass is 10.1. The Labute approximate surface area is 110 Å². The van der Waals surface area contributed by atoms with Crippen molar-refractivity contribution in [3.05, 3.63) is 33.9 Å². The number of thioether (sulfide) groups is 1. The zero-order chi connectivity index (χ0) is 13.0. The Morgan fingerprint density at radius 2 is 2.22 bits per heavy atom. The van der Waals surface area contributed by atoms with Crippen molar-refractivity contribution < 1.29 is 10.0 Å². The Kier molecular flexibility index (Phi) is 4.43. The van der Waals surface area contributed by atoms with E-state index in [0.717, 1.165) is 36.7 Å². The van der Waals surface area contributed by atoms with E-state index in [-0.39, 0.29) is 12.3 Å². The second-order valence-electron chi connectivity index (χ2n) is 4.18. The van der Waals surface area contributed by atoms with Crippen LogP contribution in [0.5, 0.6) is 0 Å². The van der Waals surface area contributed by atoms with Crippen molar-refractivity contribution in [1.29, 1.82) is 0 Å². The van der Waals surface area contributed by atoms with Crippen LogP contribution in [0.15, 0.2) is 18.2 Å². The molecule has 1 saturated heterocycles. The number of benzene rings is 1. The molecule has 5 nitrogen and oxygen atoms in total. The highest BCUT2D eigenvalue weighted by molar-refractivity contribution is 7.99. The molecule has 0 unspecified atom stereocenters. The second kappa shape index (κ2) is 6.06. The Morgan fingerprint density at radius 3 is 2.94 bits per heavy atom. The van der Waals surface area contributed by atoms with E-state index >= 15 is 0 Å². The van der Waals surface area contributed by atoms with Crippen LogP contribution in [-0.2, 0) is 6.61 Å². The third kappa shape index (κ3) is 2.94. The van der Waals surface area contributed by atoms with Crippen molar-refractivity contribution in [2.24, 2.45) is 0 Å². The Morgan fingerprint density at radius 1 is 1.39 bits per heavy atom. The predicted molar refractivity (Wildman–Crippen MR) is 73.2 cm³/mol. The number of aliphatic hydroxyl groups is 1. The number of rotatable bonds is 3. The van der Waals surface area contributed by atoms with Crippen molar-refractivity contribution in [3.8, 4) is 0 Å². The van der Waals surface area contributed by atoms with E-state index in [2.05, 4.69) is 4.90 Å². The van der Waals surface area contributed by atoms with Gasteiger partial charge < -0.3 is 10.0 Å². The maximum Gasteiger partial charge on any atom is 0.269 e. The first kappa shape index (κ1) is 13.2. The van der Waals surface area contributed by atoms with Crippen LogP contribution in [0.4, 0.5) is 11.4 Å². The maximum absolute atomic E-state index is 10.7. The first-order chi connectivity index (χ1) is 8.72. The number of nitro groups is 1. The summed E-state index contributed by atoms with van der Waals surface area (Å²) >= 11 is 1.92. The van der Waals surface area contributed by atoms with Crippen molar-refractivity contribution in [3.63, 3.8) is 0 Å². The van der Waals surface area contributed by atoms with Crippen LogP contribution >= 0.6 is 11.8 Å². The molecule has 6 heteroatoms. The molecule has 2 rings (SSSR count). The van der Waals surface area contributed by atoms with Gasteiger partial charge in [-0.25, -0.2) is 0 Å². The number of nitrogens with zero attached hydrogens (tertiary/aromatic N) is 2. The van der Waals surface area contributed by atoms with Crippen LogP contribution in [0, 0.1) is 10.1 Å². The van der Waals surface area contributed by atoms with Crippen LogP contribution < -0.4 is 4.90 Å². The summed E-state index contributed by atoms with van der Waals surface area (Å²) in [7, 11) is 0. The Bertz CT molecular complexity index is 431. The molecule has 18 heavy (non-hydrogen) atoms. The number of non-ortho nitro benzene ring substituents is 1. The third-order valence-electron chi connectivity index (χ3n) is 3.01. The molecule has 0 saturated carbocycles. The van der Waals surface area contributed by atoms with Crippen molar-refractivity contribution >= 4 is 23.1 Å². The van der Waals surface area contributed by atoms with E-state index in [4.69, 9.17) is 0 Å². The van der Waals surface area contributed by atoms with Crippen molar-refractivity contribution in [2.75, 3.05) is 29.5 Å². The Balaban J connectivity index is 2.28. The molecule has 1 aromatic carbocycles. The van der Waals surface area contributed by atoms with Crippen LogP contribution in [0.2, 0.25) is 0 Å². The number of aliphatic hydroxyl groups excluding tert-OH is 1. The van der Waals surface area contributed by atoms with Gasteiger partial charge in [0, 0.05) is 42.2 Å². The quantitative estimate of drug-likeness (QED) is 0.671. The summed E-state index contributed by atoms with van der Waals surface area (Å²) < 4.78 is 0. The highest BCUT2D eigenvalue weighted by Gasteiger charge is 2.16. The van der Waals surface area contributed by atoms with Crippen molar-refractivity contribution in [1.82, 2.24) is 0 Å². The average molecular weight is 268 g/mol. The van der Waals surface area contributed by atoms with Crippen LogP contribution in [0.25, 0.3) is 0 Å². The summed E-state index contributed by atoms with van der Waals surface area (Å²) in [4.78, 5) is 12.5. The largest absolute Gasteiger partial charge is 0.392 e. The van der Waals surface area contributed by atoms with Crippen LogP contribution in [0.3, 0.4) is 0 Å². The zero-order valence-corrected chi connectivity index (χ0v) is 10.9. The first-order valence-corrected chi connectivity index (χ1v) is 7.08. The van der Waals surface area contributed by atoms with Gasteiger partial charge in [0.1, 0.15) is 0 Å². The molecule has 1 N–H and O–H groups in total. The number of hydrogen-bond acceptors (Lipinski definition) is 5. The predicted octanol–water partition coefficient (Wildman–Crippen LogP) is 2.03. The van der Waals surface area contributed by atoms with Gasteiger partial charge >= 0.3 is 0 Å². The van der Waals surface area contributed by atoms with Gasteiger partial charge in [-0.3, -0.25) is 10.1 Å². The van der Waals surface area contributed by atoms with Gasteiger partial charge in [-0.15, -0.1) is 0 Å². The molecule has 1 heterocycles. The molecule has 1 aliphatic rings. The minimum absolute atomic E-state index is 0.0343. The molecule has 0 bridgehead atoms. The molecule has 1 aromatic rings. The van der Waals surface area contributed by atoms with Gasteiger partial charge in [0.2, 0.25) is 0 Å². The number of nitro benzene ring substituents is 1. The average Bonchev–Trinajstić information content (AvgIpc) is 2.66. The van der Waals surface area contributed by atoms with Gasteiger partial charge in [-0.05, 0) is 18.2 Å². The molecule has 0 aliphatic carbocycles. The summed E-state index contributed by atoms with van der Waals surface area (Å²) in [5.74, 6) is 2.21. The highest BCUT2D eigenvalue weighted by atomic mass is 32.2.